The number of aliphatic imine (C=N–C) groups is 1. The number of hydrogen-bond donors (Lipinski definition) is 4. The van der Waals surface area contributed by atoms with Gasteiger partial charge in [-0.3, -0.25) is 4.90 Å². The Morgan fingerprint density at radius 2 is 1.77 bits per heavy atom. The van der Waals surface area contributed by atoms with Crippen molar-refractivity contribution < 1.29 is 4.79 Å². The first kappa shape index (κ1) is 23.7. The van der Waals surface area contributed by atoms with Gasteiger partial charge in [0.05, 0.1) is 24.2 Å². The van der Waals surface area contributed by atoms with Gasteiger partial charge in [-0.05, 0) is 35.4 Å². The van der Waals surface area contributed by atoms with Crippen LogP contribution in [0.1, 0.15) is 16.8 Å². The van der Waals surface area contributed by atoms with Crippen LogP contribution < -0.4 is 26.6 Å². The van der Waals surface area contributed by atoms with Crippen LogP contribution in [0.25, 0.3) is 0 Å². The predicted octanol–water partition coefficient (Wildman–Crippen LogP) is 2.72. The van der Waals surface area contributed by atoms with Gasteiger partial charge in [-0.15, -0.1) is 0 Å². The minimum atomic E-state index is -1.24. The molecule has 4 rings (SSSR count). The molecule has 2 aromatic carbocycles. The summed E-state index contributed by atoms with van der Waals surface area (Å²) < 4.78 is 0. The molecule has 1 unspecified atom stereocenters. The quantitative estimate of drug-likeness (QED) is 0.390. The molecule has 1 aromatic heterocycles. The molecule has 3 aromatic rings. The summed E-state index contributed by atoms with van der Waals surface area (Å²) in [7, 11) is 7.92. The highest BCUT2D eigenvalue weighted by molar-refractivity contribution is 6.13. The highest BCUT2D eigenvalue weighted by Gasteiger charge is 2.54. The number of carbonyl (C=O) groups excluding carboxylic acids is 1. The van der Waals surface area contributed by atoms with Crippen LogP contribution in [0.4, 0.5) is 27.7 Å². The zero-order valence-corrected chi connectivity index (χ0v) is 20.4. The Morgan fingerprint density at radius 1 is 1.09 bits per heavy atom. The van der Waals surface area contributed by atoms with Crippen molar-refractivity contribution >= 4 is 34.7 Å². The van der Waals surface area contributed by atoms with Crippen molar-refractivity contribution in [3.8, 4) is 0 Å². The third-order valence-corrected chi connectivity index (χ3v) is 6.06. The molecule has 1 saturated heterocycles. The molecule has 0 saturated carbocycles. The van der Waals surface area contributed by atoms with E-state index >= 15 is 0 Å². The maximum absolute atomic E-state index is 13.5. The van der Waals surface area contributed by atoms with Crippen molar-refractivity contribution in [1.82, 2.24) is 20.2 Å². The number of urea groups is 1. The lowest BCUT2D eigenvalue weighted by Gasteiger charge is -2.31. The smallest absolute Gasteiger partial charge is 0.324 e. The number of carbonyl (C=O) groups is 1. The van der Waals surface area contributed by atoms with Gasteiger partial charge in [-0.1, -0.05) is 24.8 Å². The van der Waals surface area contributed by atoms with Crippen LogP contribution in [-0.4, -0.2) is 54.9 Å². The van der Waals surface area contributed by atoms with Crippen molar-refractivity contribution in [1.29, 1.82) is 0 Å². The summed E-state index contributed by atoms with van der Waals surface area (Å²) in [5, 5.41) is 3.15. The molecular weight excluding hydrogens is 442 g/mol. The first-order valence-corrected chi connectivity index (χ1v) is 11.1. The molecule has 1 fully saturated rings. The third-order valence-electron chi connectivity index (χ3n) is 6.06. The maximum atomic E-state index is 13.5. The molecule has 1 aliphatic rings. The molecule has 1 aliphatic heterocycles. The van der Waals surface area contributed by atoms with E-state index in [4.69, 9.17) is 11.5 Å². The summed E-state index contributed by atoms with van der Waals surface area (Å²) in [6.07, 6.45) is 2.93. The lowest BCUT2D eigenvalue weighted by atomic mass is 9.84. The molecule has 0 bridgehead atoms. The number of rotatable bonds is 7. The van der Waals surface area contributed by atoms with E-state index in [1.165, 1.54) is 12.5 Å². The number of benzene rings is 2. The second-order valence-corrected chi connectivity index (χ2v) is 8.80. The Morgan fingerprint density at radius 3 is 2.34 bits per heavy atom. The summed E-state index contributed by atoms with van der Waals surface area (Å²) in [6.45, 7) is 4.08. The minimum Gasteiger partial charge on any atom is -0.399 e. The van der Waals surface area contributed by atoms with E-state index in [2.05, 4.69) is 26.9 Å². The Hall–Kier alpha value is -4.47. The summed E-state index contributed by atoms with van der Waals surface area (Å²) in [5.41, 5.74) is 15.7. The van der Waals surface area contributed by atoms with E-state index in [1.807, 2.05) is 68.3 Å². The van der Waals surface area contributed by atoms with Crippen LogP contribution in [0.3, 0.4) is 0 Å². The number of nitrogen functional groups attached to an aromatic ring is 2. The number of hydrogen-bond acceptors (Lipinski definition) is 7. The van der Waals surface area contributed by atoms with Gasteiger partial charge in [0.15, 0.2) is 5.54 Å². The van der Waals surface area contributed by atoms with E-state index in [1.54, 1.807) is 17.0 Å². The minimum absolute atomic E-state index is 0.279. The van der Waals surface area contributed by atoms with Crippen LogP contribution in [-0.2, 0) is 12.1 Å². The van der Waals surface area contributed by atoms with Gasteiger partial charge in [0, 0.05) is 40.1 Å². The summed E-state index contributed by atoms with van der Waals surface area (Å²) in [5.74, 6) is 0.759. The highest BCUT2D eigenvalue weighted by atomic mass is 16.2. The van der Waals surface area contributed by atoms with Crippen molar-refractivity contribution in [2.24, 2.45) is 4.99 Å². The van der Waals surface area contributed by atoms with E-state index in [9.17, 15) is 4.79 Å². The van der Waals surface area contributed by atoms with Crippen LogP contribution >= 0.6 is 0 Å². The van der Waals surface area contributed by atoms with E-state index < -0.39 is 5.54 Å². The number of aromatic nitrogens is 2. The molecule has 10 nitrogen and oxygen atoms in total. The predicted molar refractivity (Wildman–Crippen MR) is 141 cm³/mol. The zero-order valence-electron chi connectivity index (χ0n) is 20.4. The van der Waals surface area contributed by atoms with Gasteiger partial charge in [-0.25, -0.2) is 14.8 Å². The monoisotopic (exact) mass is 473 g/mol. The Bertz CT molecular complexity index is 1280. The molecule has 0 aliphatic carbocycles. The van der Waals surface area contributed by atoms with Crippen LogP contribution in [0.5, 0.6) is 0 Å². The van der Waals surface area contributed by atoms with E-state index in [0.29, 0.717) is 23.0 Å². The Balaban J connectivity index is 1.94. The number of amides is 2. The van der Waals surface area contributed by atoms with Crippen molar-refractivity contribution in [3.05, 3.63) is 78.4 Å². The lowest BCUT2D eigenvalue weighted by Crippen LogP contribution is -2.46. The number of nitrogens with two attached hydrogens (primary N) is 2. The number of imidazole rings is 1. The van der Waals surface area contributed by atoms with Crippen molar-refractivity contribution in [3.63, 3.8) is 0 Å². The van der Waals surface area contributed by atoms with E-state index in [-0.39, 0.29) is 12.6 Å². The first-order chi connectivity index (χ1) is 16.7. The number of H-pyrrole nitrogens is 1. The molecule has 6 N–H and O–H groups in total. The normalized spacial score (nSPS) is 18.6. The summed E-state index contributed by atoms with van der Waals surface area (Å²) >= 11 is 0. The van der Waals surface area contributed by atoms with E-state index in [0.717, 1.165) is 22.5 Å². The molecular formula is C25H31N9O. The number of amidine groups is 1. The number of nitrogens with one attached hydrogen (secondary N) is 2. The Kier molecular flexibility index (Phi) is 6.12. The number of aromatic amines is 1. The fourth-order valence-electron chi connectivity index (χ4n) is 4.39. The number of nitrogens with zero attached hydrogens (tertiary/aromatic N) is 5. The third kappa shape index (κ3) is 4.03. The fraction of sp³-hybridized carbons (Fsp3) is 0.240. The van der Waals surface area contributed by atoms with Gasteiger partial charge < -0.3 is 31.6 Å². The van der Waals surface area contributed by atoms with Gasteiger partial charge >= 0.3 is 6.03 Å². The van der Waals surface area contributed by atoms with Gasteiger partial charge in [0.1, 0.15) is 17.3 Å². The molecule has 2 heterocycles. The SMILES string of the molecule is C=C/N=C1/N(Cc2ccc(N)cc2)C(=O)NC1(c1ccc(N(C)C)c(N(C)C)c1)c1nc[nH]c1N. The maximum Gasteiger partial charge on any atom is 0.324 e. The lowest BCUT2D eigenvalue weighted by molar-refractivity contribution is 0.225. The standard InChI is InChI=1S/C25H31N9O/c1-6-28-23-25(21-22(27)30-15-29-21,17-9-12-19(32(2)3)20(13-17)33(4)5)31-24(35)34(23)14-16-7-10-18(26)11-8-16/h6-13,15H,1,14,26-27H2,2-5H3,(H,29,30)(H,31,35)/b28-23+. The van der Waals surface area contributed by atoms with Gasteiger partial charge in [-0.2, -0.15) is 0 Å². The molecule has 2 amide bonds. The second kappa shape index (κ2) is 9.05. The number of anilines is 4. The second-order valence-electron chi connectivity index (χ2n) is 8.80. The molecule has 182 valence electrons. The van der Waals surface area contributed by atoms with Gasteiger partial charge in [0.25, 0.3) is 0 Å². The van der Waals surface area contributed by atoms with Crippen LogP contribution in [0.15, 0.2) is 66.6 Å². The highest BCUT2D eigenvalue weighted by Crippen LogP contribution is 2.41. The Labute approximate surface area is 204 Å². The van der Waals surface area contributed by atoms with Gasteiger partial charge in [0.2, 0.25) is 0 Å². The topological polar surface area (TPSA) is 132 Å². The van der Waals surface area contributed by atoms with Crippen molar-refractivity contribution in [2.75, 3.05) is 49.5 Å². The molecule has 35 heavy (non-hydrogen) atoms. The fourth-order valence-corrected chi connectivity index (χ4v) is 4.39. The average molecular weight is 474 g/mol. The molecule has 1 atom stereocenters. The first-order valence-electron chi connectivity index (χ1n) is 11.1. The zero-order chi connectivity index (χ0) is 25.3. The van der Waals surface area contributed by atoms with Crippen molar-refractivity contribution in [2.45, 2.75) is 12.1 Å². The van der Waals surface area contributed by atoms with Crippen LogP contribution in [0, 0.1) is 0 Å². The van der Waals surface area contributed by atoms with Crippen LogP contribution in [0.2, 0.25) is 0 Å². The molecule has 0 radical (unpaired) electrons. The summed E-state index contributed by atoms with van der Waals surface area (Å²) in [6, 6.07) is 13.0. The molecule has 0 spiro atoms. The molecule has 10 heteroatoms. The largest absolute Gasteiger partial charge is 0.399 e. The summed E-state index contributed by atoms with van der Waals surface area (Å²) in [4.78, 5) is 31.2. The average Bonchev–Trinajstić information content (AvgIpc) is 3.37.